The fourth-order valence-electron chi connectivity index (χ4n) is 2.36. The van der Waals surface area contributed by atoms with Gasteiger partial charge >= 0.3 is 0 Å². The van der Waals surface area contributed by atoms with Crippen molar-refractivity contribution in [3.05, 3.63) is 47.0 Å². The molecule has 0 amide bonds. The zero-order chi connectivity index (χ0) is 18.5. The Kier molecular flexibility index (Phi) is 5.28. The number of hydrogen-bond donors (Lipinski definition) is 1. The molecule has 2 heterocycles. The highest BCUT2D eigenvalue weighted by molar-refractivity contribution is 7.71. The van der Waals surface area contributed by atoms with Gasteiger partial charge in [0.1, 0.15) is 17.2 Å². The van der Waals surface area contributed by atoms with Gasteiger partial charge in [-0.05, 0) is 24.4 Å². The van der Waals surface area contributed by atoms with Gasteiger partial charge in [0, 0.05) is 30.1 Å². The number of aromatic nitrogens is 4. The lowest BCUT2D eigenvalue weighted by atomic mass is 10.2. The van der Waals surface area contributed by atoms with E-state index in [4.69, 9.17) is 26.4 Å². The maximum absolute atomic E-state index is 5.43. The summed E-state index contributed by atoms with van der Waals surface area (Å²) in [7, 11) is 4.71. The third kappa shape index (κ3) is 3.42. The van der Waals surface area contributed by atoms with E-state index in [9.17, 15) is 0 Å². The Balaban J connectivity index is 2.07. The van der Waals surface area contributed by atoms with E-state index in [1.807, 2.05) is 12.1 Å². The van der Waals surface area contributed by atoms with Crippen LogP contribution in [0.15, 0.2) is 41.8 Å². The molecule has 26 heavy (non-hydrogen) atoms. The summed E-state index contributed by atoms with van der Waals surface area (Å²) >= 11 is 5.28. The van der Waals surface area contributed by atoms with Gasteiger partial charge in [0.2, 0.25) is 4.77 Å². The summed E-state index contributed by atoms with van der Waals surface area (Å²) in [6.07, 6.45) is 4.96. The van der Waals surface area contributed by atoms with Gasteiger partial charge in [0.25, 0.3) is 0 Å². The molecule has 3 rings (SSSR count). The van der Waals surface area contributed by atoms with Crippen molar-refractivity contribution in [1.29, 1.82) is 0 Å². The van der Waals surface area contributed by atoms with Crippen LogP contribution in [-0.4, -0.2) is 47.4 Å². The topological polar surface area (TPSA) is 86.5 Å². The number of nitrogens with one attached hydrogen (secondary N) is 1. The maximum Gasteiger partial charge on any atom is 0.216 e. The van der Waals surface area contributed by atoms with Gasteiger partial charge in [0.15, 0.2) is 5.82 Å². The third-order valence-corrected chi connectivity index (χ3v) is 3.91. The van der Waals surface area contributed by atoms with Crippen LogP contribution in [-0.2, 0) is 0 Å². The molecule has 0 saturated carbocycles. The second kappa shape index (κ2) is 7.79. The number of methoxy groups -OCH3 is 3. The van der Waals surface area contributed by atoms with Gasteiger partial charge in [-0.3, -0.25) is 4.98 Å². The summed E-state index contributed by atoms with van der Waals surface area (Å²) in [4.78, 5) is 4.01. The molecule has 0 fully saturated rings. The van der Waals surface area contributed by atoms with E-state index in [0.717, 1.165) is 5.56 Å². The van der Waals surface area contributed by atoms with Crippen LogP contribution in [0.5, 0.6) is 17.2 Å². The van der Waals surface area contributed by atoms with Crippen LogP contribution in [0.1, 0.15) is 5.56 Å². The Morgan fingerprint density at radius 3 is 2.31 bits per heavy atom. The van der Waals surface area contributed by atoms with Crippen molar-refractivity contribution >= 4 is 18.4 Å². The molecule has 1 aromatic carbocycles. The number of rotatable bonds is 6. The van der Waals surface area contributed by atoms with E-state index in [1.165, 1.54) is 4.68 Å². The minimum Gasteiger partial charge on any atom is -0.496 e. The summed E-state index contributed by atoms with van der Waals surface area (Å²) in [5.74, 6) is 2.31. The molecule has 0 aliphatic rings. The van der Waals surface area contributed by atoms with E-state index in [2.05, 4.69) is 20.3 Å². The van der Waals surface area contributed by atoms with Crippen molar-refractivity contribution < 1.29 is 14.2 Å². The summed E-state index contributed by atoms with van der Waals surface area (Å²) in [6, 6.07) is 7.15. The molecular weight excluding hydrogens is 354 g/mol. The first-order valence-electron chi connectivity index (χ1n) is 7.60. The molecule has 134 valence electrons. The van der Waals surface area contributed by atoms with Crippen molar-refractivity contribution in [2.75, 3.05) is 21.3 Å². The molecule has 0 atom stereocenters. The Hall–Kier alpha value is -3.20. The smallest absolute Gasteiger partial charge is 0.216 e. The fraction of sp³-hybridized carbons (Fsp3) is 0.176. The van der Waals surface area contributed by atoms with E-state index in [1.54, 1.807) is 52.1 Å². The number of ether oxygens (including phenoxy) is 3. The molecule has 0 unspecified atom stereocenters. The number of aromatic amines is 1. The molecule has 8 nitrogen and oxygen atoms in total. The highest BCUT2D eigenvalue weighted by atomic mass is 32.1. The quantitative estimate of drug-likeness (QED) is 0.530. The zero-order valence-electron chi connectivity index (χ0n) is 14.5. The molecule has 0 radical (unpaired) electrons. The average Bonchev–Trinajstić information content (AvgIpc) is 3.06. The second-order valence-corrected chi connectivity index (χ2v) is 5.48. The van der Waals surface area contributed by atoms with E-state index in [0.29, 0.717) is 33.4 Å². The van der Waals surface area contributed by atoms with E-state index >= 15 is 0 Å². The first-order chi connectivity index (χ1) is 12.7. The summed E-state index contributed by atoms with van der Waals surface area (Å²) < 4.78 is 18.0. The molecule has 3 aromatic rings. The van der Waals surface area contributed by atoms with Gasteiger partial charge in [-0.15, -0.1) is 0 Å². The van der Waals surface area contributed by atoms with Crippen molar-refractivity contribution in [3.8, 4) is 28.6 Å². The molecule has 0 aliphatic carbocycles. The average molecular weight is 371 g/mol. The third-order valence-electron chi connectivity index (χ3n) is 3.64. The molecule has 0 saturated heterocycles. The maximum atomic E-state index is 5.43. The Morgan fingerprint density at radius 2 is 1.73 bits per heavy atom. The fourth-order valence-corrected chi connectivity index (χ4v) is 2.54. The van der Waals surface area contributed by atoms with Gasteiger partial charge in [-0.1, -0.05) is 0 Å². The summed E-state index contributed by atoms with van der Waals surface area (Å²) in [5.41, 5.74) is 1.48. The lowest BCUT2D eigenvalue weighted by Gasteiger charge is -2.12. The Morgan fingerprint density at radius 1 is 1.08 bits per heavy atom. The molecular formula is C17H17N5O3S. The summed E-state index contributed by atoms with van der Waals surface area (Å²) in [5, 5.41) is 11.4. The van der Waals surface area contributed by atoms with Gasteiger partial charge in [-0.2, -0.15) is 14.9 Å². The predicted octanol–water partition coefficient (Wildman–Crippen LogP) is 2.91. The summed E-state index contributed by atoms with van der Waals surface area (Å²) in [6.45, 7) is 0. The van der Waals surface area contributed by atoms with Gasteiger partial charge in [0.05, 0.1) is 33.1 Å². The Bertz CT molecular complexity index is 957. The van der Waals surface area contributed by atoms with E-state index < -0.39 is 0 Å². The largest absolute Gasteiger partial charge is 0.496 e. The van der Waals surface area contributed by atoms with Crippen molar-refractivity contribution in [2.24, 2.45) is 5.10 Å². The van der Waals surface area contributed by atoms with E-state index in [-0.39, 0.29) is 0 Å². The number of H-pyrrole nitrogens is 1. The number of benzene rings is 1. The molecule has 9 heteroatoms. The standard InChI is InChI=1S/C17H17N5O3S/c1-23-12-8-14(24-2)13(15(9-12)25-3)10-19-22-16(20-21-17(22)26)11-4-6-18-7-5-11/h4-10H,1-3H3,(H,21,26)/b19-10+. The van der Waals surface area contributed by atoms with Crippen LogP contribution >= 0.6 is 12.2 Å². The number of pyridine rings is 1. The normalized spacial score (nSPS) is 10.9. The molecule has 0 bridgehead atoms. The monoisotopic (exact) mass is 371 g/mol. The van der Waals surface area contributed by atoms with Crippen LogP contribution in [0.3, 0.4) is 0 Å². The first kappa shape index (κ1) is 17.6. The molecule has 0 aliphatic heterocycles. The van der Waals surface area contributed by atoms with Crippen molar-refractivity contribution in [1.82, 2.24) is 19.9 Å². The van der Waals surface area contributed by atoms with Gasteiger partial charge < -0.3 is 14.2 Å². The zero-order valence-corrected chi connectivity index (χ0v) is 15.3. The van der Waals surface area contributed by atoms with Crippen molar-refractivity contribution in [3.63, 3.8) is 0 Å². The predicted molar refractivity (Wildman–Crippen MR) is 99.7 cm³/mol. The highest BCUT2D eigenvalue weighted by Crippen LogP contribution is 2.32. The minimum absolute atomic E-state index is 0.361. The van der Waals surface area contributed by atoms with Crippen LogP contribution in [0.25, 0.3) is 11.4 Å². The van der Waals surface area contributed by atoms with Gasteiger partial charge in [-0.25, -0.2) is 5.10 Å². The first-order valence-corrected chi connectivity index (χ1v) is 8.01. The molecule has 2 aromatic heterocycles. The highest BCUT2D eigenvalue weighted by Gasteiger charge is 2.13. The minimum atomic E-state index is 0.361. The number of hydrogen-bond acceptors (Lipinski definition) is 7. The lowest BCUT2D eigenvalue weighted by molar-refractivity contribution is 0.374. The Labute approximate surface area is 155 Å². The molecule has 0 spiro atoms. The van der Waals surface area contributed by atoms with Crippen LogP contribution in [0.2, 0.25) is 0 Å². The molecule has 1 N–H and O–H groups in total. The second-order valence-electron chi connectivity index (χ2n) is 5.09. The van der Waals surface area contributed by atoms with Crippen LogP contribution in [0.4, 0.5) is 0 Å². The SMILES string of the molecule is COc1cc(OC)c(/C=N/n2c(-c3ccncc3)n[nH]c2=S)c(OC)c1. The lowest BCUT2D eigenvalue weighted by Crippen LogP contribution is -2.00. The van der Waals surface area contributed by atoms with Crippen LogP contribution in [0, 0.1) is 4.77 Å². The van der Waals surface area contributed by atoms with Crippen molar-refractivity contribution in [2.45, 2.75) is 0 Å². The van der Waals surface area contributed by atoms with Crippen LogP contribution < -0.4 is 14.2 Å². The number of nitrogens with zero attached hydrogens (tertiary/aromatic N) is 4.